The van der Waals surface area contributed by atoms with E-state index in [1.54, 1.807) is 36.4 Å². The molecule has 2 aromatic carbocycles. The summed E-state index contributed by atoms with van der Waals surface area (Å²) in [5.41, 5.74) is 0.739. The van der Waals surface area contributed by atoms with Gasteiger partial charge in [0.2, 0.25) is 0 Å². The van der Waals surface area contributed by atoms with Gasteiger partial charge in [-0.05, 0) is 35.9 Å². The third kappa shape index (κ3) is 6.39. The Morgan fingerprint density at radius 1 is 1.04 bits per heavy atom. The zero-order valence-electron chi connectivity index (χ0n) is 15.2. The fourth-order valence-electron chi connectivity index (χ4n) is 2.24. The first-order valence-corrected chi connectivity index (χ1v) is 8.19. The van der Waals surface area contributed by atoms with Gasteiger partial charge in [0.15, 0.2) is 5.78 Å². The van der Waals surface area contributed by atoms with Gasteiger partial charge in [0.25, 0.3) is 0 Å². The van der Waals surface area contributed by atoms with E-state index in [-0.39, 0.29) is 17.1 Å². The lowest BCUT2D eigenvalue weighted by Gasteiger charge is -2.07. The Labute approximate surface area is 161 Å². The Morgan fingerprint density at radius 3 is 2.32 bits per heavy atom. The van der Waals surface area contributed by atoms with Gasteiger partial charge in [0.1, 0.15) is 17.3 Å². The van der Waals surface area contributed by atoms with E-state index in [9.17, 15) is 18.2 Å². The van der Waals surface area contributed by atoms with E-state index in [4.69, 9.17) is 9.47 Å². The summed E-state index contributed by atoms with van der Waals surface area (Å²) in [6.45, 7) is 1.19. The standard InChI is InChI=1S/C20H17BF2O5/c1-14(24)27-20-6-4-3-5-18(20)19(25)13-17(28-21(22)23)12-9-15-7-10-16(26-2)11-8-15/h3-13H,1-2H3/b12-9+,17-13-. The highest BCUT2D eigenvalue weighted by Crippen LogP contribution is 2.21. The molecule has 0 aliphatic heterocycles. The maximum atomic E-state index is 12.7. The van der Waals surface area contributed by atoms with Gasteiger partial charge in [0.05, 0.1) is 12.7 Å². The quantitative estimate of drug-likeness (QED) is 0.129. The monoisotopic (exact) mass is 386 g/mol. The number of methoxy groups -OCH3 is 1. The highest BCUT2D eigenvalue weighted by Gasteiger charge is 2.20. The zero-order chi connectivity index (χ0) is 20.5. The summed E-state index contributed by atoms with van der Waals surface area (Å²) in [6, 6.07) is 12.8. The summed E-state index contributed by atoms with van der Waals surface area (Å²) in [6.07, 6.45) is 3.67. The second-order valence-electron chi connectivity index (χ2n) is 5.49. The third-order valence-corrected chi connectivity index (χ3v) is 3.46. The van der Waals surface area contributed by atoms with Gasteiger partial charge in [-0.25, -0.2) is 8.63 Å². The molecule has 2 rings (SSSR count). The second kappa shape index (κ2) is 10.1. The molecule has 8 heteroatoms. The first-order chi connectivity index (χ1) is 13.4. The van der Waals surface area contributed by atoms with Crippen molar-refractivity contribution in [1.29, 1.82) is 0 Å². The molecule has 0 heterocycles. The van der Waals surface area contributed by atoms with Crippen LogP contribution in [-0.2, 0) is 9.45 Å². The molecule has 0 saturated heterocycles. The van der Waals surface area contributed by atoms with Crippen molar-refractivity contribution in [2.24, 2.45) is 0 Å². The van der Waals surface area contributed by atoms with Crippen molar-refractivity contribution in [3.8, 4) is 11.5 Å². The highest BCUT2D eigenvalue weighted by atomic mass is 19.2. The number of ether oxygens (including phenoxy) is 2. The Balaban J connectivity index is 2.28. The van der Waals surface area contributed by atoms with Crippen LogP contribution >= 0.6 is 0 Å². The van der Waals surface area contributed by atoms with Crippen molar-refractivity contribution < 1.29 is 32.3 Å². The maximum Gasteiger partial charge on any atom is 0.796 e. The summed E-state index contributed by atoms with van der Waals surface area (Å²) in [5.74, 6) is -0.909. The number of hydrogen-bond acceptors (Lipinski definition) is 5. The van der Waals surface area contributed by atoms with Gasteiger partial charge in [-0.1, -0.05) is 30.3 Å². The normalized spacial score (nSPS) is 11.2. The second-order valence-corrected chi connectivity index (χ2v) is 5.49. The SMILES string of the molecule is COc1ccc(/C=C/C(=C/C(=O)c2ccccc2OC(C)=O)OB(F)F)cc1. The molecule has 144 valence electrons. The molecule has 28 heavy (non-hydrogen) atoms. The molecule has 5 nitrogen and oxygen atoms in total. The Hall–Kier alpha value is -3.42. The largest absolute Gasteiger partial charge is 0.796 e. The summed E-state index contributed by atoms with van der Waals surface area (Å²) in [4.78, 5) is 23.7. The topological polar surface area (TPSA) is 61.8 Å². The van der Waals surface area contributed by atoms with Crippen LogP contribution < -0.4 is 9.47 Å². The van der Waals surface area contributed by atoms with Gasteiger partial charge >= 0.3 is 13.4 Å². The van der Waals surface area contributed by atoms with Crippen LogP contribution in [-0.4, -0.2) is 26.3 Å². The molecule has 0 atom stereocenters. The van der Waals surface area contributed by atoms with E-state index in [2.05, 4.69) is 4.65 Å². The number of ketones is 1. The van der Waals surface area contributed by atoms with Crippen molar-refractivity contribution in [3.63, 3.8) is 0 Å². The van der Waals surface area contributed by atoms with E-state index in [1.165, 1.54) is 38.3 Å². The van der Waals surface area contributed by atoms with E-state index >= 15 is 0 Å². The lowest BCUT2D eigenvalue weighted by Crippen LogP contribution is -2.08. The van der Waals surface area contributed by atoms with Crippen molar-refractivity contribution in [2.45, 2.75) is 6.92 Å². The van der Waals surface area contributed by atoms with Gasteiger partial charge < -0.3 is 14.1 Å². The number of esters is 1. The molecule has 2 aromatic rings. The lowest BCUT2D eigenvalue weighted by molar-refractivity contribution is -0.131. The average molecular weight is 386 g/mol. The molecule has 0 N–H and O–H groups in total. The maximum absolute atomic E-state index is 12.7. The Bertz CT molecular complexity index is 892. The summed E-state index contributed by atoms with van der Waals surface area (Å²) in [7, 11) is -1.58. The van der Waals surface area contributed by atoms with E-state index < -0.39 is 19.2 Å². The molecular weight excluding hydrogens is 369 g/mol. The smallest absolute Gasteiger partial charge is 0.505 e. The van der Waals surface area contributed by atoms with Crippen LogP contribution in [0.3, 0.4) is 0 Å². The molecular formula is C20H17BF2O5. The number of carbonyl (C=O) groups is 2. The lowest BCUT2D eigenvalue weighted by atomic mass is 10.1. The minimum Gasteiger partial charge on any atom is -0.505 e. The molecule has 0 aliphatic carbocycles. The summed E-state index contributed by atoms with van der Waals surface area (Å²) < 4.78 is 39.9. The number of rotatable bonds is 8. The highest BCUT2D eigenvalue weighted by molar-refractivity contribution is 6.35. The molecule has 0 amide bonds. The van der Waals surface area contributed by atoms with Crippen LogP contribution in [0.5, 0.6) is 11.5 Å². The molecule has 0 spiro atoms. The van der Waals surface area contributed by atoms with Crippen LogP contribution in [0.1, 0.15) is 22.8 Å². The summed E-state index contributed by atoms with van der Waals surface area (Å²) in [5, 5.41) is 0. The van der Waals surface area contributed by atoms with Crippen LogP contribution in [0, 0.1) is 0 Å². The fraction of sp³-hybridized carbons (Fsp3) is 0.100. The third-order valence-electron chi connectivity index (χ3n) is 3.46. The van der Waals surface area contributed by atoms with Crippen LogP contribution in [0.25, 0.3) is 6.08 Å². The molecule has 0 unspecified atom stereocenters. The minimum atomic E-state index is -3.11. The zero-order valence-corrected chi connectivity index (χ0v) is 15.2. The molecule has 0 bridgehead atoms. The number of hydrogen-bond donors (Lipinski definition) is 0. The minimum absolute atomic E-state index is 0.0341. The van der Waals surface area contributed by atoms with Crippen molar-refractivity contribution in [3.05, 3.63) is 77.6 Å². The number of carbonyl (C=O) groups excluding carboxylic acids is 2. The van der Waals surface area contributed by atoms with Crippen molar-refractivity contribution in [2.75, 3.05) is 7.11 Å². The van der Waals surface area contributed by atoms with Gasteiger partial charge in [0, 0.05) is 13.0 Å². The van der Waals surface area contributed by atoms with Crippen molar-refractivity contribution >= 4 is 25.3 Å². The van der Waals surface area contributed by atoms with Gasteiger partial charge in [-0.2, -0.15) is 0 Å². The Kier molecular flexibility index (Phi) is 7.50. The van der Waals surface area contributed by atoms with Gasteiger partial charge in [-0.15, -0.1) is 0 Å². The number of halogens is 2. The molecule has 0 aromatic heterocycles. The number of benzene rings is 2. The predicted octanol–water partition coefficient (Wildman–Crippen LogP) is 4.34. The van der Waals surface area contributed by atoms with Crippen molar-refractivity contribution in [1.82, 2.24) is 0 Å². The summed E-state index contributed by atoms with van der Waals surface area (Å²) >= 11 is 0. The van der Waals surface area contributed by atoms with Crippen LogP contribution in [0.15, 0.2) is 66.4 Å². The van der Waals surface area contributed by atoms with E-state index in [1.807, 2.05) is 0 Å². The fourth-order valence-corrected chi connectivity index (χ4v) is 2.24. The molecule has 0 fully saturated rings. The first kappa shape index (κ1) is 20.9. The van der Waals surface area contributed by atoms with E-state index in [0.717, 1.165) is 6.08 Å². The molecule has 0 aliphatic rings. The molecule has 0 saturated carbocycles. The predicted molar refractivity (Wildman–Crippen MR) is 101 cm³/mol. The van der Waals surface area contributed by atoms with E-state index in [0.29, 0.717) is 11.3 Å². The van der Waals surface area contributed by atoms with Crippen LogP contribution in [0.4, 0.5) is 8.63 Å². The Morgan fingerprint density at radius 2 is 1.71 bits per heavy atom. The van der Waals surface area contributed by atoms with Crippen LogP contribution in [0.2, 0.25) is 0 Å². The average Bonchev–Trinajstić information content (AvgIpc) is 2.66. The van der Waals surface area contributed by atoms with Gasteiger partial charge in [-0.3, -0.25) is 9.59 Å². The number of allylic oxidation sites excluding steroid dienone is 2. The molecule has 0 radical (unpaired) electrons. The number of para-hydroxylation sites is 1. The first-order valence-electron chi connectivity index (χ1n) is 8.19.